The molecule has 0 atom stereocenters. The predicted molar refractivity (Wildman–Crippen MR) is 271 cm³/mol. The lowest BCUT2D eigenvalue weighted by Gasteiger charge is -2.19. The fourth-order valence-electron chi connectivity index (χ4n) is 9.40. The van der Waals surface area contributed by atoms with Crippen LogP contribution in [0.5, 0.6) is 0 Å². The molecule has 0 unspecified atom stereocenters. The molecule has 13 aromatic rings. The van der Waals surface area contributed by atoms with Crippen LogP contribution in [0.3, 0.4) is 0 Å². The van der Waals surface area contributed by atoms with E-state index in [0.717, 1.165) is 76.6 Å². The number of rotatable bonds is 6. The first-order valence-electron chi connectivity index (χ1n) is 26.3. The molecule has 66 heavy (non-hydrogen) atoms. The zero-order valence-electron chi connectivity index (χ0n) is 44.7. The summed E-state index contributed by atoms with van der Waals surface area (Å²) in [4.78, 5) is 29.3. The third-order valence-corrected chi connectivity index (χ3v) is 12.2. The third-order valence-electron chi connectivity index (χ3n) is 12.2. The Morgan fingerprint density at radius 3 is 1.41 bits per heavy atom. The van der Waals surface area contributed by atoms with Crippen LogP contribution in [-0.4, -0.2) is 29.9 Å². The van der Waals surface area contributed by atoms with Gasteiger partial charge in [0.05, 0.1) is 47.2 Å². The van der Waals surface area contributed by atoms with Crippen molar-refractivity contribution in [3.63, 3.8) is 0 Å². The van der Waals surface area contributed by atoms with Gasteiger partial charge in [-0.05, 0) is 72.8 Å². The first kappa shape index (κ1) is 28.6. The molecule has 0 amide bonds. The quantitative estimate of drug-likeness (QED) is 0.122. The van der Waals surface area contributed by atoms with Crippen molar-refractivity contribution < 1.29 is 13.7 Å². The monoisotopic (exact) mass is 850 g/mol. The maximum absolute atomic E-state index is 8.83. The fourth-order valence-corrected chi connectivity index (χ4v) is 9.40. The average Bonchev–Trinajstić information content (AvgIpc) is 3.55. The van der Waals surface area contributed by atoms with Crippen LogP contribution in [0.2, 0.25) is 0 Å². The number of hydrogen-bond donors (Lipinski definition) is 0. The van der Waals surface area contributed by atoms with Crippen molar-refractivity contribution in [2.75, 3.05) is 0 Å². The summed E-state index contributed by atoms with van der Waals surface area (Å²) in [7, 11) is 0. The standard InChI is InChI=1S/C60H36N6/c1-4-14-37(15-5-1)52-36-53(38-16-6-2-7-17-38)66-60(65-52)41-25-26-43-50-34-40(24-27-48(50)57-59(51(43)35-41)64-33-31-62-57)42-28-29-49(58-56(42)61-30-32-63-58)55-46-22-12-10-20-44(46)54(39-18-8-3-9-19-39)45-21-11-13-23-47(45)55/h1-36H/i1D,2D,4D,5D,6D,7D,14D,15D,16D,17D. The van der Waals surface area contributed by atoms with Gasteiger partial charge >= 0.3 is 0 Å². The van der Waals surface area contributed by atoms with E-state index in [-0.39, 0.29) is 28.3 Å². The molecule has 0 aliphatic carbocycles. The summed E-state index contributed by atoms with van der Waals surface area (Å²) in [6.45, 7) is 0. The molecule has 6 nitrogen and oxygen atoms in total. The van der Waals surface area contributed by atoms with Gasteiger partial charge in [-0.3, -0.25) is 19.9 Å². The first-order chi connectivity index (χ1) is 36.9. The van der Waals surface area contributed by atoms with E-state index >= 15 is 0 Å². The van der Waals surface area contributed by atoms with Gasteiger partial charge in [-0.2, -0.15) is 0 Å². The highest BCUT2D eigenvalue weighted by Crippen LogP contribution is 2.46. The number of aromatic nitrogens is 6. The second-order valence-corrected chi connectivity index (χ2v) is 15.9. The lowest BCUT2D eigenvalue weighted by Crippen LogP contribution is -1.96. The molecule has 3 heterocycles. The molecule has 306 valence electrons. The topological polar surface area (TPSA) is 77.3 Å². The summed E-state index contributed by atoms with van der Waals surface area (Å²) in [5.74, 6) is -0.000642. The highest BCUT2D eigenvalue weighted by atomic mass is 14.9. The minimum atomic E-state index is -0.595. The Morgan fingerprint density at radius 2 is 0.788 bits per heavy atom. The smallest absolute Gasteiger partial charge is 0.160 e. The Morgan fingerprint density at radius 1 is 0.303 bits per heavy atom. The van der Waals surface area contributed by atoms with Gasteiger partial charge in [0.1, 0.15) is 0 Å². The lowest BCUT2D eigenvalue weighted by atomic mass is 9.85. The minimum absolute atomic E-state index is 0.000642. The van der Waals surface area contributed by atoms with Crippen LogP contribution >= 0.6 is 0 Å². The second-order valence-electron chi connectivity index (χ2n) is 15.9. The molecule has 0 saturated carbocycles. The Bertz CT molecular complexity index is 4470. The van der Waals surface area contributed by atoms with Crippen LogP contribution in [0.4, 0.5) is 0 Å². The van der Waals surface area contributed by atoms with E-state index in [0.29, 0.717) is 22.0 Å². The molecule has 0 fully saturated rings. The summed E-state index contributed by atoms with van der Waals surface area (Å²) < 4.78 is 85.6. The highest BCUT2D eigenvalue weighted by molar-refractivity contribution is 6.25. The Kier molecular flexibility index (Phi) is 6.67. The van der Waals surface area contributed by atoms with Gasteiger partial charge in [0.15, 0.2) is 5.82 Å². The van der Waals surface area contributed by atoms with Crippen molar-refractivity contribution in [3.05, 3.63) is 219 Å². The summed E-state index contributed by atoms with van der Waals surface area (Å²) in [5.41, 5.74) is 8.44. The molecule has 0 aliphatic rings. The minimum Gasteiger partial charge on any atom is -0.252 e. The largest absolute Gasteiger partial charge is 0.252 e. The molecule has 0 saturated heterocycles. The summed E-state index contributed by atoms with van der Waals surface area (Å²) in [6.07, 6.45) is 6.68. The van der Waals surface area contributed by atoms with Crippen molar-refractivity contribution in [1.82, 2.24) is 29.9 Å². The van der Waals surface area contributed by atoms with Crippen LogP contribution in [0.25, 0.3) is 132 Å². The normalized spacial score (nSPS) is 13.8. The van der Waals surface area contributed by atoms with Crippen LogP contribution in [0.15, 0.2) is 219 Å². The van der Waals surface area contributed by atoms with Crippen molar-refractivity contribution >= 4 is 65.2 Å². The lowest BCUT2D eigenvalue weighted by molar-refractivity contribution is 1.18. The van der Waals surface area contributed by atoms with Crippen molar-refractivity contribution in [2.24, 2.45) is 0 Å². The molecular formula is C60H36N6. The molecule has 0 bridgehead atoms. The molecule has 13 rings (SSSR count). The van der Waals surface area contributed by atoms with E-state index < -0.39 is 60.4 Å². The Hall–Kier alpha value is -9.00. The van der Waals surface area contributed by atoms with Crippen molar-refractivity contribution in [2.45, 2.75) is 0 Å². The summed E-state index contributed by atoms with van der Waals surface area (Å²) in [6, 6.07) is 39.1. The molecular weight excluding hydrogens is 805 g/mol. The first-order valence-corrected chi connectivity index (χ1v) is 21.3. The van der Waals surface area contributed by atoms with Gasteiger partial charge in [-0.25, -0.2) is 9.97 Å². The molecule has 0 N–H and O–H groups in total. The van der Waals surface area contributed by atoms with Gasteiger partial charge in [0.25, 0.3) is 0 Å². The molecule has 0 spiro atoms. The maximum atomic E-state index is 8.83. The van der Waals surface area contributed by atoms with Gasteiger partial charge in [-0.15, -0.1) is 0 Å². The van der Waals surface area contributed by atoms with Crippen LogP contribution < -0.4 is 0 Å². The number of fused-ring (bicyclic) bond motifs is 9. The molecule has 6 heteroatoms. The predicted octanol–water partition coefficient (Wildman–Crippen LogP) is 15.0. The summed E-state index contributed by atoms with van der Waals surface area (Å²) in [5, 5.41) is 7.64. The van der Waals surface area contributed by atoms with Crippen LogP contribution in [0.1, 0.15) is 13.7 Å². The van der Waals surface area contributed by atoms with Gasteiger partial charge in [0.2, 0.25) is 0 Å². The zero-order valence-corrected chi connectivity index (χ0v) is 34.7. The second kappa shape index (κ2) is 15.4. The number of nitrogens with zero attached hydrogens (tertiary/aromatic N) is 6. The van der Waals surface area contributed by atoms with Crippen molar-refractivity contribution in [1.29, 1.82) is 0 Å². The van der Waals surface area contributed by atoms with Crippen LogP contribution in [-0.2, 0) is 0 Å². The van der Waals surface area contributed by atoms with E-state index in [4.69, 9.17) is 43.6 Å². The number of hydrogen-bond acceptors (Lipinski definition) is 6. The molecule has 3 aromatic heterocycles. The fraction of sp³-hybridized carbons (Fsp3) is 0. The van der Waals surface area contributed by atoms with Gasteiger partial charge in [0, 0.05) is 63.4 Å². The van der Waals surface area contributed by atoms with E-state index in [1.54, 1.807) is 30.9 Å². The third kappa shape index (κ3) is 6.11. The van der Waals surface area contributed by atoms with E-state index in [1.165, 1.54) is 11.6 Å². The van der Waals surface area contributed by atoms with Gasteiger partial charge < -0.3 is 0 Å². The van der Waals surface area contributed by atoms with Crippen molar-refractivity contribution in [3.8, 4) is 67.3 Å². The molecule has 0 radical (unpaired) electrons. The maximum Gasteiger partial charge on any atom is 0.160 e. The molecule has 10 aromatic carbocycles. The Labute approximate surface area is 393 Å². The SMILES string of the molecule is [2H]c1c([2H])c([2H])c(-c2cc(-c3c([2H])c([2H])c([2H])c([2H])c3[2H])nc(-c3ccc4c5cc(-c6ccc(-c7c8ccccc8c(-c8ccccc8)c8ccccc78)c7nccnc67)ccc5c5nccnc5c4c3)n2)c([2H])c1[2H]. The number of benzene rings is 10. The van der Waals surface area contributed by atoms with E-state index in [1.807, 2.05) is 24.3 Å². The van der Waals surface area contributed by atoms with Crippen LogP contribution in [0, 0.1) is 0 Å². The summed E-state index contributed by atoms with van der Waals surface area (Å²) >= 11 is 0. The highest BCUT2D eigenvalue weighted by Gasteiger charge is 2.21. The van der Waals surface area contributed by atoms with E-state index in [9.17, 15) is 0 Å². The molecule has 0 aliphatic heterocycles. The van der Waals surface area contributed by atoms with E-state index in [2.05, 4.69) is 97.1 Å². The van der Waals surface area contributed by atoms with Gasteiger partial charge in [-0.1, -0.05) is 176 Å². The average molecular weight is 851 g/mol. The zero-order chi connectivity index (χ0) is 52.3. The Balaban J connectivity index is 1.01.